The average Bonchev–Trinajstić information content (AvgIpc) is 2.91. The van der Waals surface area contributed by atoms with E-state index in [9.17, 15) is 8.42 Å². The van der Waals surface area contributed by atoms with E-state index in [4.69, 9.17) is 9.47 Å². The summed E-state index contributed by atoms with van der Waals surface area (Å²) in [4.78, 5) is 8.46. The van der Waals surface area contributed by atoms with E-state index in [1.54, 1.807) is 44.6 Å². The lowest BCUT2D eigenvalue weighted by Crippen LogP contribution is -2.15. The second-order valence-electron chi connectivity index (χ2n) is 7.72. The quantitative estimate of drug-likeness (QED) is 0.312. The molecule has 184 valence electrons. The van der Waals surface area contributed by atoms with Gasteiger partial charge in [-0.2, -0.15) is 0 Å². The molecular formula is C27H26N4O4S. The van der Waals surface area contributed by atoms with Crippen molar-refractivity contribution in [3.8, 4) is 11.5 Å². The van der Waals surface area contributed by atoms with Crippen LogP contribution in [0.15, 0.2) is 90.0 Å². The van der Waals surface area contributed by atoms with Crippen molar-refractivity contribution in [3.63, 3.8) is 0 Å². The predicted octanol–water partition coefficient (Wildman–Crippen LogP) is 5.08. The van der Waals surface area contributed by atoms with Crippen LogP contribution in [0.3, 0.4) is 0 Å². The molecule has 0 aliphatic carbocycles. The molecule has 0 saturated heterocycles. The van der Waals surface area contributed by atoms with Crippen molar-refractivity contribution >= 4 is 33.8 Å². The molecule has 4 rings (SSSR count). The molecule has 0 spiro atoms. The monoisotopic (exact) mass is 502 g/mol. The first-order valence-electron chi connectivity index (χ1n) is 11.1. The topological polar surface area (TPSA) is 102 Å². The van der Waals surface area contributed by atoms with Gasteiger partial charge in [-0.3, -0.25) is 0 Å². The van der Waals surface area contributed by atoms with E-state index >= 15 is 0 Å². The standard InChI is InChI=1S/C27H26N4O4S/c1-34-25-15-9-20(18-26(25)35-2)8-10-23-16-17-28-27(30-23)31-36(32,33)24-13-11-22(12-14-24)29-19-21-6-4-3-5-7-21/h3-18,29H,19H2,1-2H3,(H,28,30,31)/b10-8+. The van der Waals surface area contributed by atoms with Crippen molar-refractivity contribution < 1.29 is 17.9 Å². The smallest absolute Gasteiger partial charge is 0.264 e. The van der Waals surface area contributed by atoms with E-state index in [2.05, 4.69) is 20.0 Å². The van der Waals surface area contributed by atoms with Crippen molar-refractivity contribution in [2.75, 3.05) is 24.3 Å². The van der Waals surface area contributed by atoms with Gasteiger partial charge in [-0.25, -0.2) is 23.1 Å². The van der Waals surface area contributed by atoms with E-state index in [0.29, 0.717) is 23.7 Å². The van der Waals surface area contributed by atoms with Crippen molar-refractivity contribution in [3.05, 3.63) is 102 Å². The molecule has 0 aliphatic rings. The van der Waals surface area contributed by atoms with Crippen LogP contribution in [0.25, 0.3) is 12.2 Å². The van der Waals surface area contributed by atoms with Crippen LogP contribution in [0.4, 0.5) is 11.6 Å². The number of ether oxygens (including phenoxy) is 2. The van der Waals surface area contributed by atoms with Gasteiger partial charge in [0.25, 0.3) is 10.0 Å². The van der Waals surface area contributed by atoms with Crippen LogP contribution in [0.2, 0.25) is 0 Å². The minimum atomic E-state index is -3.86. The molecule has 8 nitrogen and oxygen atoms in total. The zero-order chi connectivity index (χ0) is 25.4. The Morgan fingerprint density at radius 1 is 0.861 bits per heavy atom. The Morgan fingerprint density at radius 2 is 1.61 bits per heavy atom. The lowest BCUT2D eigenvalue weighted by atomic mass is 10.1. The maximum Gasteiger partial charge on any atom is 0.264 e. The highest BCUT2D eigenvalue weighted by molar-refractivity contribution is 7.92. The van der Waals surface area contributed by atoms with Gasteiger partial charge in [-0.1, -0.05) is 42.5 Å². The summed E-state index contributed by atoms with van der Waals surface area (Å²) in [6, 6.07) is 23.7. The maximum atomic E-state index is 12.9. The molecule has 0 atom stereocenters. The van der Waals surface area contributed by atoms with E-state index in [-0.39, 0.29) is 10.8 Å². The molecule has 2 N–H and O–H groups in total. The first-order chi connectivity index (χ1) is 17.5. The summed E-state index contributed by atoms with van der Waals surface area (Å²) in [6.07, 6.45) is 5.09. The number of anilines is 2. The molecule has 4 aromatic rings. The Labute approximate surface area is 210 Å². The summed E-state index contributed by atoms with van der Waals surface area (Å²) < 4.78 is 38.7. The molecule has 0 saturated carbocycles. The number of hydrogen-bond donors (Lipinski definition) is 2. The van der Waals surface area contributed by atoms with Gasteiger partial charge in [-0.15, -0.1) is 0 Å². The Kier molecular flexibility index (Phi) is 7.82. The lowest BCUT2D eigenvalue weighted by molar-refractivity contribution is 0.355. The molecule has 0 aliphatic heterocycles. The fourth-order valence-electron chi connectivity index (χ4n) is 3.38. The number of rotatable bonds is 10. The predicted molar refractivity (Wildman–Crippen MR) is 142 cm³/mol. The largest absolute Gasteiger partial charge is 0.493 e. The summed E-state index contributed by atoms with van der Waals surface area (Å²) in [5.41, 5.74) is 3.36. The summed E-state index contributed by atoms with van der Waals surface area (Å²) in [7, 11) is -0.705. The molecule has 1 heterocycles. The molecule has 9 heteroatoms. The third-order valence-electron chi connectivity index (χ3n) is 5.26. The summed E-state index contributed by atoms with van der Waals surface area (Å²) in [5, 5.41) is 3.28. The minimum absolute atomic E-state index is 0.0178. The molecule has 36 heavy (non-hydrogen) atoms. The molecular weight excluding hydrogens is 476 g/mol. The van der Waals surface area contributed by atoms with Crippen LogP contribution in [-0.4, -0.2) is 32.6 Å². The number of nitrogens with zero attached hydrogens (tertiary/aromatic N) is 2. The Hall–Kier alpha value is -4.37. The van der Waals surface area contributed by atoms with Crippen molar-refractivity contribution in [1.82, 2.24) is 9.97 Å². The zero-order valence-electron chi connectivity index (χ0n) is 19.9. The number of methoxy groups -OCH3 is 2. The number of benzene rings is 3. The van der Waals surface area contributed by atoms with Crippen molar-refractivity contribution in [2.45, 2.75) is 11.4 Å². The number of nitrogens with one attached hydrogen (secondary N) is 2. The van der Waals surface area contributed by atoms with Gasteiger partial charge in [0.1, 0.15) is 0 Å². The van der Waals surface area contributed by atoms with Gasteiger partial charge < -0.3 is 14.8 Å². The zero-order valence-corrected chi connectivity index (χ0v) is 20.7. The lowest BCUT2D eigenvalue weighted by Gasteiger charge is -2.09. The van der Waals surface area contributed by atoms with Crippen LogP contribution in [0.1, 0.15) is 16.8 Å². The van der Waals surface area contributed by atoms with Crippen LogP contribution in [0.5, 0.6) is 11.5 Å². The normalized spacial score (nSPS) is 11.3. The highest BCUT2D eigenvalue weighted by Crippen LogP contribution is 2.28. The summed E-state index contributed by atoms with van der Waals surface area (Å²) in [6.45, 7) is 0.642. The molecule has 0 bridgehead atoms. The second kappa shape index (κ2) is 11.4. The van der Waals surface area contributed by atoms with Gasteiger partial charge in [0.05, 0.1) is 24.8 Å². The number of aromatic nitrogens is 2. The van der Waals surface area contributed by atoms with Crippen LogP contribution >= 0.6 is 0 Å². The third-order valence-corrected chi connectivity index (χ3v) is 6.61. The molecule has 1 aromatic heterocycles. The Bertz CT molecular complexity index is 1440. The summed E-state index contributed by atoms with van der Waals surface area (Å²) >= 11 is 0. The molecule has 3 aromatic carbocycles. The molecule has 0 amide bonds. The van der Waals surface area contributed by atoms with E-state index in [1.807, 2.05) is 48.5 Å². The Morgan fingerprint density at radius 3 is 2.33 bits per heavy atom. The third kappa shape index (κ3) is 6.39. The average molecular weight is 503 g/mol. The SMILES string of the molecule is COc1ccc(/C=C/c2ccnc(NS(=O)(=O)c3ccc(NCc4ccccc4)cc3)n2)cc1OC. The van der Waals surface area contributed by atoms with Gasteiger partial charge in [0.2, 0.25) is 5.95 Å². The van der Waals surface area contributed by atoms with Gasteiger partial charge in [-0.05, 0) is 59.7 Å². The summed E-state index contributed by atoms with van der Waals surface area (Å²) in [5.74, 6) is 1.22. The number of sulfonamides is 1. The second-order valence-corrected chi connectivity index (χ2v) is 9.40. The highest BCUT2D eigenvalue weighted by Gasteiger charge is 2.15. The maximum absolute atomic E-state index is 12.9. The van der Waals surface area contributed by atoms with Crippen LogP contribution in [0, 0.1) is 0 Å². The van der Waals surface area contributed by atoms with E-state index in [0.717, 1.165) is 16.8 Å². The van der Waals surface area contributed by atoms with E-state index < -0.39 is 10.0 Å². The van der Waals surface area contributed by atoms with Gasteiger partial charge in [0.15, 0.2) is 11.5 Å². The fourth-order valence-corrected chi connectivity index (χ4v) is 4.33. The van der Waals surface area contributed by atoms with Crippen molar-refractivity contribution in [2.24, 2.45) is 0 Å². The molecule has 0 fully saturated rings. The van der Waals surface area contributed by atoms with Crippen LogP contribution < -0.4 is 19.5 Å². The minimum Gasteiger partial charge on any atom is -0.493 e. The molecule has 0 radical (unpaired) electrons. The first-order valence-corrected chi connectivity index (χ1v) is 12.6. The highest BCUT2D eigenvalue weighted by atomic mass is 32.2. The first kappa shape index (κ1) is 24.7. The van der Waals surface area contributed by atoms with Crippen molar-refractivity contribution in [1.29, 1.82) is 0 Å². The Balaban J connectivity index is 1.42. The fraction of sp³-hybridized carbons (Fsp3) is 0.111. The van der Waals surface area contributed by atoms with Gasteiger partial charge in [0, 0.05) is 18.4 Å². The molecule has 0 unspecified atom stereocenters. The van der Waals surface area contributed by atoms with Gasteiger partial charge >= 0.3 is 0 Å². The van der Waals surface area contributed by atoms with E-state index in [1.165, 1.54) is 18.3 Å². The van der Waals surface area contributed by atoms with Crippen LogP contribution in [-0.2, 0) is 16.6 Å². The number of hydrogen-bond acceptors (Lipinski definition) is 7.